The Labute approximate surface area is 170 Å². The Balaban J connectivity index is 1.92. The van der Waals surface area contributed by atoms with Gasteiger partial charge < -0.3 is 19.0 Å². The second-order valence-electron chi connectivity index (χ2n) is 7.06. The number of aromatic nitrogens is 1. The lowest BCUT2D eigenvalue weighted by atomic mass is 10.1. The highest BCUT2D eigenvalue weighted by Gasteiger charge is 2.23. The van der Waals surface area contributed by atoms with Crippen LogP contribution in [0.1, 0.15) is 55.9 Å². The number of furan rings is 1. The number of nitrogens with one attached hydrogen (secondary N) is 1. The first kappa shape index (κ1) is 20.5. The van der Waals surface area contributed by atoms with Gasteiger partial charge in [-0.1, -0.05) is 17.7 Å². The molecular weight excluding hydrogens is 368 g/mol. The smallest absolute Gasteiger partial charge is 0.355 e. The fourth-order valence-corrected chi connectivity index (χ4v) is 3.29. The van der Waals surface area contributed by atoms with E-state index in [0.29, 0.717) is 36.7 Å². The molecule has 3 rings (SSSR count). The van der Waals surface area contributed by atoms with E-state index in [1.165, 1.54) is 0 Å². The summed E-state index contributed by atoms with van der Waals surface area (Å²) >= 11 is 0. The molecule has 29 heavy (non-hydrogen) atoms. The average molecular weight is 394 g/mol. The zero-order valence-electron chi connectivity index (χ0n) is 17.2. The minimum Gasteiger partial charge on any atom is -0.467 e. The molecule has 0 bridgehead atoms. The molecule has 0 spiro atoms. The third kappa shape index (κ3) is 4.59. The summed E-state index contributed by atoms with van der Waals surface area (Å²) in [7, 11) is 0. The summed E-state index contributed by atoms with van der Waals surface area (Å²) in [5.74, 6) is 0.211. The van der Waals surface area contributed by atoms with Crippen LogP contribution < -0.4 is 0 Å². The molecule has 6 heteroatoms. The predicted octanol–water partition coefficient (Wildman–Crippen LogP) is 4.55. The molecule has 0 atom stereocenters. The van der Waals surface area contributed by atoms with Crippen LogP contribution in [0.5, 0.6) is 0 Å². The molecule has 3 aromatic rings. The molecule has 0 saturated carbocycles. The van der Waals surface area contributed by atoms with E-state index in [-0.39, 0.29) is 11.9 Å². The van der Waals surface area contributed by atoms with Crippen molar-refractivity contribution in [3.63, 3.8) is 0 Å². The SMILES string of the molecule is CCOC(=O)c1[nH]c(C)c(CN(Cc2ccco2)C(=O)c2ccc(C)cc2)c1C. The molecule has 0 aliphatic heterocycles. The maximum absolute atomic E-state index is 13.2. The molecule has 0 fully saturated rings. The third-order valence-corrected chi connectivity index (χ3v) is 4.93. The van der Waals surface area contributed by atoms with Crippen LogP contribution in [0.3, 0.4) is 0 Å². The fourth-order valence-electron chi connectivity index (χ4n) is 3.29. The van der Waals surface area contributed by atoms with Crippen LogP contribution in [-0.2, 0) is 17.8 Å². The van der Waals surface area contributed by atoms with E-state index < -0.39 is 0 Å². The molecule has 1 amide bonds. The zero-order valence-corrected chi connectivity index (χ0v) is 17.2. The first-order valence-corrected chi connectivity index (χ1v) is 9.64. The van der Waals surface area contributed by atoms with Gasteiger partial charge in [-0.05, 0) is 63.1 Å². The normalized spacial score (nSPS) is 10.8. The molecule has 0 aliphatic carbocycles. The van der Waals surface area contributed by atoms with E-state index in [9.17, 15) is 9.59 Å². The molecule has 6 nitrogen and oxygen atoms in total. The number of carbonyl (C=O) groups excluding carboxylic acids is 2. The number of esters is 1. The number of aromatic amines is 1. The topological polar surface area (TPSA) is 75.5 Å². The molecule has 0 unspecified atom stereocenters. The number of amides is 1. The molecule has 1 N–H and O–H groups in total. The quantitative estimate of drug-likeness (QED) is 0.597. The van der Waals surface area contributed by atoms with Gasteiger partial charge in [0, 0.05) is 17.8 Å². The summed E-state index contributed by atoms with van der Waals surface area (Å²) in [6.45, 7) is 8.51. The lowest BCUT2D eigenvalue weighted by molar-refractivity contribution is 0.0519. The average Bonchev–Trinajstić information content (AvgIpc) is 3.31. The van der Waals surface area contributed by atoms with Gasteiger partial charge in [-0.2, -0.15) is 0 Å². The van der Waals surface area contributed by atoms with E-state index in [4.69, 9.17) is 9.15 Å². The number of benzene rings is 1. The molecule has 0 saturated heterocycles. The lowest BCUT2D eigenvalue weighted by Crippen LogP contribution is -2.30. The van der Waals surface area contributed by atoms with Gasteiger partial charge in [-0.3, -0.25) is 4.79 Å². The van der Waals surface area contributed by atoms with Crippen LogP contribution in [0, 0.1) is 20.8 Å². The molecule has 0 aliphatic rings. The Morgan fingerprint density at radius 3 is 2.41 bits per heavy atom. The van der Waals surface area contributed by atoms with Gasteiger partial charge in [0.2, 0.25) is 0 Å². The number of ether oxygens (including phenoxy) is 1. The van der Waals surface area contributed by atoms with E-state index in [1.807, 2.05) is 51.1 Å². The van der Waals surface area contributed by atoms with Crippen molar-refractivity contribution in [3.8, 4) is 0 Å². The molecule has 2 heterocycles. The van der Waals surface area contributed by atoms with Crippen molar-refractivity contribution in [1.82, 2.24) is 9.88 Å². The second-order valence-corrected chi connectivity index (χ2v) is 7.06. The van der Waals surface area contributed by atoms with Crippen LogP contribution in [0.2, 0.25) is 0 Å². The van der Waals surface area contributed by atoms with E-state index >= 15 is 0 Å². The minimum atomic E-state index is -0.387. The summed E-state index contributed by atoms with van der Waals surface area (Å²) in [6.07, 6.45) is 1.59. The Kier molecular flexibility index (Phi) is 6.22. The summed E-state index contributed by atoms with van der Waals surface area (Å²) in [6, 6.07) is 11.1. The summed E-state index contributed by atoms with van der Waals surface area (Å²) in [5, 5.41) is 0. The van der Waals surface area contributed by atoms with Crippen molar-refractivity contribution in [1.29, 1.82) is 0 Å². The third-order valence-electron chi connectivity index (χ3n) is 4.93. The number of rotatable bonds is 7. The van der Waals surface area contributed by atoms with Crippen molar-refractivity contribution in [3.05, 3.63) is 82.1 Å². The number of H-pyrrole nitrogens is 1. The second kappa shape index (κ2) is 8.82. The number of aryl methyl sites for hydroxylation is 2. The van der Waals surface area contributed by atoms with Gasteiger partial charge in [0.15, 0.2) is 0 Å². The number of carbonyl (C=O) groups is 2. The highest BCUT2D eigenvalue weighted by Crippen LogP contribution is 2.23. The van der Waals surface area contributed by atoms with Crippen LogP contribution in [0.4, 0.5) is 0 Å². The molecule has 152 valence electrons. The van der Waals surface area contributed by atoms with Gasteiger partial charge in [0.1, 0.15) is 11.5 Å². The van der Waals surface area contributed by atoms with Gasteiger partial charge in [-0.15, -0.1) is 0 Å². The largest absolute Gasteiger partial charge is 0.467 e. The first-order valence-electron chi connectivity index (χ1n) is 9.64. The van der Waals surface area contributed by atoms with Crippen molar-refractivity contribution >= 4 is 11.9 Å². The monoisotopic (exact) mass is 394 g/mol. The highest BCUT2D eigenvalue weighted by molar-refractivity contribution is 5.94. The molecule has 2 aromatic heterocycles. The standard InChI is InChI=1S/C23H26N2O4/c1-5-28-23(27)21-16(3)20(17(4)24-21)14-25(13-19-7-6-12-29-19)22(26)18-10-8-15(2)9-11-18/h6-12,24H,5,13-14H2,1-4H3. The molecular formula is C23H26N2O4. The first-order chi connectivity index (χ1) is 13.9. The van der Waals surface area contributed by atoms with Crippen LogP contribution in [0.15, 0.2) is 47.1 Å². The number of nitrogens with zero attached hydrogens (tertiary/aromatic N) is 1. The van der Waals surface area contributed by atoms with Crippen molar-refractivity contribution in [2.45, 2.75) is 40.8 Å². The van der Waals surface area contributed by atoms with Crippen molar-refractivity contribution < 1.29 is 18.7 Å². The van der Waals surface area contributed by atoms with Gasteiger partial charge in [0.25, 0.3) is 5.91 Å². The summed E-state index contributed by atoms with van der Waals surface area (Å²) in [4.78, 5) is 30.3. The maximum atomic E-state index is 13.2. The number of hydrogen-bond donors (Lipinski definition) is 1. The van der Waals surface area contributed by atoms with Crippen LogP contribution >= 0.6 is 0 Å². The Morgan fingerprint density at radius 1 is 1.07 bits per heavy atom. The summed E-state index contributed by atoms with van der Waals surface area (Å²) in [5.41, 5.74) is 4.67. The predicted molar refractivity (Wildman–Crippen MR) is 110 cm³/mol. The number of hydrogen-bond acceptors (Lipinski definition) is 4. The molecule has 0 radical (unpaired) electrons. The van der Waals surface area contributed by atoms with E-state index in [2.05, 4.69) is 4.98 Å². The Morgan fingerprint density at radius 2 is 1.79 bits per heavy atom. The minimum absolute atomic E-state index is 0.0981. The van der Waals surface area contributed by atoms with Crippen LogP contribution in [0.25, 0.3) is 0 Å². The molecule has 1 aromatic carbocycles. The van der Waals surface area contributed by atoms with Gasteiger partial charge in [-0.25, -0.2) is 4.79 Å². The Bertz CT molecular complexity index is 985. The lowest BCUT2D eigenvalue weighted by Gasteiger charge is -2.22. The van der Waals surface area contributed by atoms with E-state index in [0.717, 1.165) is 22.4 Å². The van der Waals surface area contributed by atoms with Gasteiger partial charge in [0.05, 0.1) is 19.4 Å². The van der Waals surface area contributed by atoms with Crippen molar-refractivity contribution in [2.24, 2.45) is 0 Å². The summed E-state index contributed by atoms with van der Waals surface area (Å²) < 4.78 is 10.6. The maximum Gasteiger partial charge on any atom is 0.355 e. The van der Waals surface area contributed by atoms with Crippen LogP contribution in [-0.4, -0.2) is 28.4 Å². The zero-order chi connectivity index (χ0) is 21.0. The van der Waals surface area contributed by atoms with E-state index in [1.54, 1.807) is 24.2 Å². The Hall–Kier alpha value is -3.28. The van der Waals surface area contributed by atoms with Crippen molar-refractivity contribution in [2.75, 3.05) is 6.61 Å². The highest BCUT2D eigenvalue weighted by atomic mass is 16.5. The van der Waals surface area contributed by atoms with Gasteiger partial charge >= 0.3 is 5.97 Å². The fraction of sp³-hybridized carbons (Fsp3) is 0.304.